The Morgan fingerprint density at radius 1 is 1.35 bits per heavy atom. The summed E-state index contributed by atoms with van der Waals surface area (Å²) in [4.78, 5) is 4.52. The zero-order valence-electron chi connectivity index (χ0n) is 11.8. The molecule has 0 aliphatic carbocycles. The summed E-state index contributed by atoms with van der Waals surface area (Å²) in [6, 6.07) is 6.15. The Balaban J connectivity index is 1.89. The Morgan fingerprint density at radius 3 is 3.00 bits per heavy atom. The smallest absolute Gasteiger partial charge is 0.244 e. The molecule has 1 atom stereocenters. The number of nitrogens with zero attached hydrogens (tertiary/aromatic N) is 2. The normalized spacial score (nSPS) is 19.0. The number of aromatic nitrogens is 2. The summed E-state index contributed by atoms with van der Waals surface area (Å²) < 4.78 is 10.8. The Hall–Kier alpha value is -1.88. The third-order valence-electron chi connectivity index (χ3n) is 3.65. The molecule has 3 rings (SSSR count). The minimum atomic E-state index is 0.182. The molecule has 106 valence electrons. The van der Waals surface area contributed by atoms with Crippen molar-refractivity contribution in [1.29, 1.82) is 0 Å². The fourth-order valence-electron chi connectivity index (χ4n) is 2.53. The SMILES string of the molecule is COc1cc(C)ccc1-c1noc([C@@H]2CCCCN2)n1. The van der Waals surface area contributed by atoms with Crippen molar-refractivity contribution in [2.45, 2.75) is 32.2 Å². The molecule has 1 aromatic carbocycles. The first-order valence-corrected chi connectivity index (χ1v) is 7.00. The van der Waals surface area contributed by atoms with Crippen LogP contribution in [-0.2, 0) is 0 Å². The molecular formula is C15H19N3O2. The van der Waals surface area contributed by atoms with Gasteiger partial charge in [-0.15, -0.1) is 0 Å². The van der Waals surface area contributed by atoms with Crippen molar-refractivity contribution in [2.24, 2.45) is 0 Å². The topological polar surface area (TPSA) is 60.2 Å². The van der Waals surface area contributed by atoms with Crippen LogP contribution in [0.4, 0.5) is 0 Å². The monoisotopic (exact) mass is 273 g/mol. The summed E-state index contributed by atoms with van der Waals surface area (Å²) >= 11 is 0. The predicted molar refractivity (Wildman–Crippen MR) is 75.6 cm³/mol. The molecule has 2 aromatic rings. The second-order valence-electron chi connectivity index (χ2n) is 5.16. The van der Waals surface area contributed by atoms with Crippen LogP contribution in [0.2, 0.25) is 0 Å². The maximum absolute atomic E-state index is 5.41. The van der Waals surface area contributed by atoms with E-state index in [-0.39, 0.29) is 6.04 Å². The van der Waals surface area contributed by atoms with Gasteiger partial charge >= 0.3 is 0 Å². The fraction of sp³-hybridized carbons (Fsp3) is 0.467. The largest absolute Gasteiger partial charge is 0.496 e. The van der Waals surface area contributed by atoms with Gasteiger partial charge in [0.25, 0.3) is 0 Å². The number of methoxy groups -OCH3 is 1. The molecular weight excluding hydrogens is 254 g/mol. The van der Waals surface area contributed by atoms with Crippen LogP contribution in [0, 0.1) is 6.92 Å². The third-order valence-corrected chi connectivity index (χ3v) is 3.65. The van der Waals surface area contributed by atoms with E-state index in [4.69, 9.17) is 9.26 Å². The van der Waals surface area contributed by atoms with Gasteiger partial charge in [-0.3, -0.25) is 0 Å². The molecule has 0 bridgehead atoms. The molecule has 1 aromatic heterocycles. The second-order valence-corrected chi connectivity index (χ2v) is 5.16. The van der Waals surface area contributed by atoms with Gasteiger partial charge in [-0.05, 0) is 44.0 Å². The first-order chi connectivity index (χ1) is 9.78. The predicted octanol–water partition coefficient (Wildman–Crippen LogP) is 2.87. The number of hydrogen-bond acceptors (Lipinski definition) is 5. The fourth-order valence-corrected chi connectivity index (χ4v) is 2.53. The summed E-state index contributed by atoms with van der Waals surface area (Å²) in [6.45, 7) is 3.04. The van der Waals surface area contributed by atoms with Crippen molar-refractivity contribution in [3.05, 3.63) is 29.7 Å². The molecule has 1 fully saturated rings. The van der Waals surface area contributed by atoms with E-state index in [0.717, 1.165) is 29.8 Å². The average Bonchev–Trinajstić information content (AvgIpc) is 2.97. The van der Waals surface area contributed by atoms with E-state index in [0.29, 0.717) is 11.7 Å². The lowest BCUT2D eigenvalue weighted by Gasteiger charge is -2.19. The lowest BCUT2D eigenvalue weighted by Crippen LogP contribution is -2.26. The van der Waals surface area contributed by atoms with Crippen LogP contribution in [0.3, 0.4) is 0 Å². The van der Waals surface area contributed by atoms with E-state index in [1.54, 1.807) is 7.11 Å². The molecule has 0 amide bonds. The lowest BCUT2D eigenvalue weighted by atomic mass is 10.1. The van der Waals surface area contributed by atoms with E-state index in [9.17, 15) is 0 Å². The van der Waals surface area contributed by atoms with Crippen LogP contribution in [-0.4, -0.2) is 23.8 Å². The number of rotatable bonds is 3. The van der Waals surface area contributed by atoms with Crippen molar-refractivity contribution in [1.82, 2.24) is 15.5 Å². The van der Waals surface area contributed by atoms with Crippen molar-refractivity contribution in [3.8, 4) is 17.1 Å². The summed E-state index contributed by atoms with van der Waals surface area (Å²) in [5, 5.41) is 7.50. The number of hydrogen-bond donors (Lipinski definition) is 1. The Bertz CT molecular complexity index is 589. The highest BCUT2D eigenvalue weighted by atomic mass is 16.5. The molecule has 1 aliphatic heterocycles. The van der Waals surface area contributed by atoms with Crippen molar-refractivity contribution in [3.63, 3.8) is 0 Å². The lowest BCUT2D eigenvalue weighted by molar-refractivity contribution is 0.297. The van der Waals surface area contributed by atoms with E-state index in [1.807, 2.05) is 25.1 Å². The molecule has 0 unspecified atom stereocenters. The number of nitrogens with one attached hydrogen (secondary N) is 1. The highest BCUT2D eigenvalue weighted by Crippen LogP contribution is 2.30. The molecule has 5 nitrogen and oxygen atoms in total. The highest BCUT2D eigenvalue weighted by molar-refractivity contribution is 5.64. The first kappa shape index (κ1) is 13.1. The van der Waals surface area contributed by atoms with Gasteiger partial charge in [-0.25, -0.2) is 0 Å². The van der Waals surface area contributed by atoms with Gasteiger partial charge in [0.1, 0.15) is 5.75 Å². The van der Waals surface area contributed by atoms with Gasteiger partial charge in [0.15, 0.2) is 0 Å². The minimum absolute atomic E-state index is 0.182. The standard InChI is InChI=1S/C15H19N3O2/c1-10-6-7-11(13(9-10)19-2)14-17-15(20-18-14)12-5-3-4-8-16-12/h6-7,9,12,16H,3-5,8H2,1-2H3/t12-/m0/s1. The zero-order valence-corrected chi connectivity index (χ0v) is 11.8. The van der Waals surface area contributed by atoms with Gasteiger partial charge < -0.3 is 14.6 Å². The van der Waals surface area contributed by atoms with Crippen LogP contribution in [0.1, 0.15) is 36.8 Å². The van der Waals surface area contributed by atoms with E-state index >= 15 is 0 Å². The van der Waals surface area contributed by atoms with Crippen molar-refractivity contribution in [2.75, 3.05) is 13.7 Å². The van der Waals surface area contributed by atoms with Crippen molar-refractivity contribution < 1.29 is 9.26 Å². The maximum atomic E-state index is 5.41. The molecule has 20 heavy (non-hydrogen) atoms. The average molecular weight is 273 g/mol. The first-order valence-electron chi connectivity index (χ1n) is 7.00. The molecule has 0 saturated carbocycles. The quantitative estimate of drug-likeness (QED) is 0.931. The molecule has 1 N–H and O–H groups in total. The summed E-state index contributed by atoms with van der Waals surface area (Å²) in [5.74, 6) is 2.03. The Kier molecular flexibility index (Phi) is 3.69. The van der Waals surface area contributed by atoms with E-state index < -0.39 is 0 Å². The van der Waals surface area contributed by atoms with E-state index in [2.05, 4.69) is 15.5 Å². The van der Waals surface area contributed by atoms with Crippen LogP contribution < -0.4 is 10.1 Å². The van der Waals surface area contributed by atoms with Crippen LogP contribution >= 0.6 is 0 Å². The van der Waals surface area contributed by atoms with Crippen molar-refractivity contribution >= 4 is 0 Å². The van der Waals surface area contributed by atoms with Gasteiger partial charge in [-0.1, -0.05) is 17.6 Å². The molecule has 1 aliphatic rings. The molecule has 1 saturated heterocycles. The zero-order chi connectivity index (χ0) is 13.9. The third kappa shape index (κ3) is 2.54. The maximum Gasteiger partial charge on any atom is 0.244 e. The molecule has 0 spiro atoms. The highest BCUT2D eigenvalue weighted by Gasteiger charge is 2.22. The Labute approximate surface area is 118 Å². The van der Waals surface area contributed by atoms with Gasteiger partial charge in [-0.2, -0.15) is 4.98 Å². The van der Waals surface area contributed by atoms with E-state index in [1.165, 1.54) is 12.8 Å². The van der Waals surface area contributed by atoms with Gasteiger partial charge in [0, 0.05) is 0 Å². The van der Waals surface area contributed by atoms with Gasteiger partial charge in [0.05, 0.1) is 18.7 Å². The minimum Gasteiger partial charge on any atom is -0.496 e. The second kappa shape index (κ2) is 5.63. The van der Waals surface area contributed by atoms with Crippen LogP contribution in [0.25, 0.3) is 11.4 Å². The number of ether oxygens (including phenoxy) is 1. The van der Waals surface area contributed by atoms with Crippen LogP contribution in [0.5, 0.6) is 5.75 Å². The summed E-state index contributed by atoms with van der Waals surface area (Å²) in [6.07, 6.45) is 3.46. The molecule has 0 radical (unpaired) electrons. The number of benzene rings is 1. The summed E-state index contributed by atoms with van der Waals surface area (Å²) in [7, 11) is 1.65. The molecule has 2 heterocycles. The number of aryl methyl sites for hydroxylation is 1. The Morgan fingerprint density at radius 2 is 2.25 bits per heavy atom. The van der Waals surface area contributed by atoms with Crippen LogP contribution in [0.15, 0.2) is 22.7 Å². The molecule has 5 heteroatoms. The van der Waals surface area contributed by atoms with Gasteiger partial charge in [0.2, 0.25) is 11.7 Å². The summed E-state index contributed by atoms with van der Waals surface area (Å²) in [5.41, 5.74) is 2.01. The number of piperidine rings is 1.